The molecule has 0 aromatic heterocycles. The first kappa shape index (κ1) is 4.91. The third-order valence-corrected chi connectivity index (χ3v) is 1.22. The molecule has 0 radical (unpaired) electrons. The van der Waals surface area contributed by atoms with Crippen LogP contribution in [0.25, 0.3) is 0 Å². The maximum atomic E-state index is 10.2. The SMILES string of the molecule is O=[P+]1C=CCOO1. The van der Waals surface area contributed by atoms with Gasteiger partial charge < -0.3 is 0 Å². The van der Waals surface area contributed by atoms with E-state index in [-0.39, 0.29) is 0 Å². The highest BCUT2D eigenvalue weighted by Crippen LogP contribution is 2.26. The van der Waals surface area contributed by atoms with Gasteiger partial charge in [0.2, 0.25) is 0 Å². The van der Waals surface area contributed by atoms with Crippen LogP contribution in [-0.2, 0) is 14.1 Å². The van der Waals surface area contributed by atoms with E-state index in [1.807, 2.05) is 0 Å². The lowest BCUT2D eigenvalue weighted by atomic mass is 10.7. The quantitative estimate of drug-likeness (QED) is 0.355. The molecule has 0 N–H and O–H groups in total. The van der Waals surface area contributed by atoms with Crippen molar-refractivity contribution < 1.29 is 14.1 Å². The van der Waals surface area contributed by atoms with Gasteiger partial charge in [0, 0.05) is 4.67 Å². The molecule has 7 heavy (non-hydrogen) atoms. The molecule has 0 bridgehead atoms. The van der Waals surface area contributed by atoms with E-state index in [4.69, 9.17) is 0 Å². The summed E-state index contributed by atoms with van der Waals surface area (Å²) < 4.78 is 14.4. The second-order valence-corrected chi connectivity index (χ2v) is 2.05. The Bertz CT molecular complexity index is 109. The molecule has 0 aliphatic carbocycles. The zero-order valence-corrected chi connectivity index (χ0v) is 4.43. The van der Waals surface area contributed by atoms with Crippen LogP contribution in [0.2, 0.25) is 0 Å². The van der Waals surface area contributed by atoms with Gasteiger partial charge in [0.25, 0.3) is 0 Å². The van der Waals surface area contributed by atoms with Crippen molar-refractivity contribution in [2.45, 2.75) is 0 Å². The Labute approximate surface area is 41.7 Å². The lowest BCUT2D eigenvalue weighted by Gasteiger charge is -1.87. The second-order valence-electron chi connectivity index (χ2n) is 1.03. The number of hydrogen-bond donors (Lipinski definition) is 0. The average Bonchev–Trinajstić information content (AvgIpc) is 1.69. The largest absolute Gasteiger partial charge is 0.571 e. The lowest BCUT2D eigenvalue weighted by Crippen LogP contribution is -1.89. The van der Waals surface area contributed by atoms with Crippen LogP contribution in [0.1, 0.15) is 0 Å². The van der Waals surface area contributed by atoms with Gasteiger partial charge in [0.15, 0.2) is 5.82 Å². The molecular weight excluding hydrogens is 115 g/mol. The first-order valence-electron chi connectivity index (χ1n) is 1.82. The minimum absolute atomic E-state index is 0.404. The van der Waals surface area contributed by atoms with E-state index < -0.39 is 8.03 Å². The van der Waals surface area contributed by atoms with Crippen LogP contribution in [0.15, 0.2) is 11.9 Å². The number of rotatable bonds is 0. The van der Waals surface area contributed by atoms with E-state index >= 15 is 0 Å². The van der Waals surface area contributed by atoms with Gasteiger partial charge >= 0.3 is 8.03 Å². The van der Waals surface area contributed by atoms with E-state index in [1.165, 1.54) is 5.82 Å². The van der Waals surface area contributed by atoms with Crippen LogP contribution in [0.3, 0.4) is 0 Å². The minimum Gasteiger partial charge on any atom is -0.185 e. The first-order chi connectivity index (χ1) is 3.39. The monoisotopic (exact) mass is 119 g/mol. The molecule has 3 nitrogen and oxygen atoms in total. The van der Waals surface area contributed by atoms with Gasteiger partial charge in [-0.1, -0.05) is 0 Å². The van der Waals surface area contributed by atoms with E-state index in [9.17, 15) is 4.57 Å². The molecule has 0 saturated heterocycles. The molecule has 0 aromatic carbocycles. The smallest absolute Gasteiger partial charge is 0.185 e. The maximum Gasteiger partial charge on any atom is 0.571 e. The van der Waals surface area contributed by atoms with Crippen LogP contribution < -0.4 is 0 Å². The van der Waals surface area contributed by atoms with E-state index in [0.29, 0.717) is 6.61 Å². The van der Waals surface area contributed by atoms with E-state index in [0.717, 1.165) is 0 Å². The molecule has 1 aliphatic rings. The highest BCUT2D eigenvalue weighted by Gasteiger charge is 2.16. The van der Waals surface area contributed by atoms with Gasteiger partial charge in [-0.05, 0) is 10.6 Å². The van der Waals surface area contributed by atoms with E-state index in [1.54, 1.807) is 6.08 Å². The maximum absolute atomic E-state index is 10.2. The van der Waals surface area contributed by atoms with Crippen LogP contribution in [0.4, 0.5) is 0 Å². The molecule has 4 heteroatoms. The topological polar surface area (TPSA) is 35.5 Å². The average molecular weight is 119 g/mol. The Morgan fingerprint density at radius 2 is 2.57 bits per heavy atom. The van der Waals surface area contributed by atoms with Crippen LogP contribution in [-0.4, -0.2) is 6.61 Å². The summed E-state index contributed by atoms with van der Waals surface area (Å²) in [7, 11) is -1.64. The molecule has 0 spiro atoms. The molecule has 38 valence electrons. The Kier molecular flexibility index (Phi) is 1.52. The van der Waals surface area contributed by atoms with Gasteiger partial charge in [-0.3, -0.25) is 0 Å². The van der Waals surface area contributed by atoms with Crippen LogP contribution in [0, 0.1) is 0 Å². The summed E-state index contributed by atoms with van der Waals surface area (Å²) in [6.45, 7) is 0.404. The zero-order chi connectivity index (χ0) is 5.11. The molecule has 1 atom stereocenters. The molecule has 1 aliphatic heterocycles. The molecule has 0 amide bonds. The van der Waals surface area contributed by atoms with Crippen molar-refractivity contribution in [3.05, 3.63) is 11.9 Å². The summed E-state index contributed by atoms with van der Waals surface area (Å²) in [6.07, 6.45) is 1.65. The van der Waals surface area contributed by atoms with Gasteiger partial charge in [-0.2, -0.15) is 4.89 Å². The predicted molar refractivity (Wildman–Crippen MR) is 23.8 cm³/mol. The fraction of sp³-hybridized carbons (Fsp3) is 0.333. The summed E-state index contributed by atoms with van der Waals surface area (Å²) in [5.74, 6) is 1.47. The normalized spacial score (nSPS) is 25.4. The summed E-state index contributed by atoms with van der Waals surface area (Å²) in [5, 5.41) is 0. The van der Waals surface area contributed by atoms with Crippen molar-refractivity contribution in [1.82, 2.24) is 0 Å². The highest BCUT2D eigenvalue weighted by molar-refractivity contribution is 7.42. The first-order valence-corrected chi connectivity index (χ1v) is 3.07. The summed E-state index contributed by atoms with van der Waals surface area (Å²) in [4.78, 5) is 4.31. The molecular formula is C3H4O3P+. The van der Waals surface area contributed by atoms with Crippen molar-refractivity contribution >= 4 is 8.03 Å². The van der Waals surface area contributed by atoms with Gasteiger partial charge in [-0.15, -0.1) is 0 Å². The molecule has 1 heterocycles. The van der Waals surface area contributed by atoms with Crippen molar-refractivity contribution in [3.8, 4) is 0 Å². The van der Waals surface area contributed by atoms with Crippen molar-refractivity contribution in [3.63, 3.8) is 0 Å². The molecule has 0 aromatic rings. The summed E-state index contributed by atoms with van der Waals surface area (Å²) in [6, 6.07) is 0. The number of hydrogen-bond acceptors (Lipinski definition) is 3. The fourth-order valence-electron chi connectivity index (χ4n) is 0.276. The molecule has 1 rings (SSSR count). The van der Waals surface area contributed by atoms with Gasteiger partial charge in [0.05, 0.1) is 0 Å². The standard InChI is InChI=1S/C3H4O3P/c4-7-3-1-2-5-6-7/h1,3H,2H2/q+1. The van der Waals surface area contributed by atoms with Gasteiger partial charge in [0.1, 0.15) is 6.61 Å². The Hall–Kier alpha value is -0.240. The lowest BCUT2D eigenvalue weighted by molar-refractivity contribution is -0.191. The second kappa shape index (κ2) is 2.17. The Morgan fingerprint density at radius 3 is 2.86 bits per heavy atom. The van der Waals surface area contributed by atoms with Crippen LogP contribution >= 0.6 is 8.03 Å². The Morgan fingerprint density at radius 1 is 1.71 bits per heavy atom. The van der Waals surface area contributed by atoms with Crippen LogP contribution in [0.5, 0.6) is 0 Å². The van der Waals surface area contributed by atoms with Gasteiger partial charge in [-0.25, -0.2) is 0 Å². The summed E-state index contributed by atoms with van der Waals surface area (Å²) in [5.41, 5.74) is 0. The van der Waals surface area contributed by atoms with Crippen molar-refractivity contribution in [2.75, 3.05) is 6.61 Å². The highest BCUT2D eigenvalue weighted by atomic mass is 31.1. The third-order valence-electron chi connectivity index (χ3n) is 0.518. The minimum atomic E-state index is -1.64. The molecule has 0 fully saturated rings. The van der Waals surface area contributed by atoms with E-state index in [2.05, 4.69) is 9.56 Å². The zero-order valence-electron chi connectivity index (χ0n) is 3.53. The molecule has 1 unspecified atom stereocenters. The predicted octanol–water partition coefficient (Wildman–Crippen LogP) is 1.20. The Balaban J connectivity index is 2.51. The van der Waals surface area contributed by atoms with Crippen molar-refractivity contribution in [2.24, 2.45) is 0 Å². The molecule has 0 saturated carbocycles. The third kappa shape index (κ3) is 1.35. The fourth-order valence-corrected chi connectivity index (χ4v) is 0.748. The van der Waals surface area contributed by atoms with Crippen molar-refractivity contribution in [1.29, 1.82) is 0 Å². The summed E-state index contributed by atoms with van der Waals surface area (Å²) >= 11 is 0.